The molecule has 0 atom stereocenters. The van der Waals surface area contributed by atoms with E-state index in [9.17, 15) is 0 Å². The van der Waals surface area contributed by atoms with Crippen molar-refractivity contribution < 1.29 is 0 Å². The normalized spacial score (nSPS) is 11.6. The fourth-order valence-electron chi connectivity index (χ4n) is 4.46. The summed E-state index contributed by atoms with van der Waals surface area (Å²) in [6.07, 6.45) is 14.6. The van der Waals surface area contributed by atoms with Gasteiger partial charge in [-0.3, -0.25) is 0 Å². The van der Waals surface area contributed by atoms with Crippen LogP contribution in [-0.2, 0) is 13.1 Å². The van der Waals surface area contributed by atoms with Gasteiger partial charge in [0.2, 0.25) is 0 Å². The van der Waals surface area contributed by atoms with E-state index in [1.165, 1.54) is 72.9 Å². The van der Waals surface area contributed by atoms with Crippen LogP contribution in [0.4, 0.5) is 11.6 Å². The highest BCUT2D eigenvalue weighted by Crippen LogP contribution is 2.25. The van der Waals surface area contributed by atoms with Gasteiger partial charge in [0, 0.05) is 47.0 Å². The number of hydrogen-bond acceptors (Lipinski definition) is 2. The number of anilines is 2. The summed E-state index contributed by atoms with van der Waals surface area (Å²) in [5, 5.41) is 4.83. The maximum Gasteiger partial charge on any atom is 0.111 e. The van der Waals surface area contributed by atoms with Crippen LogP contribution >= 0.6 is 0 Å². The Morgan fingerprint density at radius 1 is 0.500 bits per heavy atom. The van der Waals surface area contributed by atoms with Crippen molar-refractivity contribution in [3.8, 4) is 0 Å². The van der Waals surface area contributed by atoms with Crippen LogP contribution in [-0.4, -0.2) is 9.13 Å². The maximum atomic E-state index is 6.27. The first-order valence-electron chi connectivity index (χ1n) is 11.4. The quantitative estimate of drug-likeness (QED) is 0.278. The molecule has 0 unspecified atom stereocenters. The lowest BCUT2D eigenvalue weighted by Crippen LogP contribution is -2.01. The van der Waals surface area contributed by atoms with Crippen molar-refractivity contribution in [1.82, 2.24) is 9.13 Å². The van der Waals surface area contributed by atoms with Crippen LogP contribution < -0.4 is 11.5 Å². The molecule has 0 aliphatic carbocycles. The third-order valence-electron chi connectivity index (χ3n) is 6.23. The lowest BCUT2D eigenvalue weighted by molar-refractivity contribution is 0.529. The van der Waals surface area contributed by atoms with Gasteiger partial charge in [0.1, 0.15) is 11.6 Å². The molecule has 0 bridgehead atoms. The number of nitrogen functional groups attached to an aromatic ring is 2. The molecule has 2 aromatic heterocycles. The number of unbranched alkanes of at least 4 members (excludes halogenated alkanes) is 7. The largest absolute Gasteiger partial charge is 0.385 e. The molecule has 4 N–H and O–H groups in total. The van der Waals surface area contributed by atoms with E-state index >= 15 is 0 Å². The first-order valence-corrected chi connectivity index (χ1v) is 11.4. The Kier molecular flexibility index (Phi) is 6.63. The van der Waals surface area contributed by atoms with Gasteiger partial charge < -0.3 is 20.6 Å². The number of nitrogens with two attached hydrogens (primary N) is 2. The minimum Gasteiger partial charge on any atom is -0.385 e. The number of aromatic nitrogens is 2. The maximum absolute atomic E-state index is 6.27. The summed E-state index contributed by atoms with van der Waals surface area (Å²) >= 11 is 0. The highest BCUT2D eigenvalue weighted by atomic mass is 15.0. The molecule has 0 amide bonds. The van der Waals surface area contributed by atoms with E-state index in [2.05, 4.69) is 70.1 Å². The second-order valence-electron chi connectivity index (χ2n) is 8.42. The molecule has 2 heterocycles. The van der Waals surface area contributed by atoms with E-state index < -0.39 is 0 Å². The van der Waals surface area contributed by atoms with E-state index in [1.807, 2.05) is 0 Å². The molecule has 0 saturated carbocycles. The number of fused-ring (bicyclic) bond motifs is 2. The Labute approximate surface area is 179 Å². The fourth-order valence-corrected chi connectivity index (χ4v) is 4.46. The van der Waals surface area contributed by atoms with Gasteiger partial charge in [-0.25, -0.2) is 0 Å². The van der Waals surface area contributed by atoms with Crippen molar-refractivity contribution in [1.29, 1.82) is 0 Å². The first-order chi connectivity index (χ1) is 14.7. The number of nitrogens with zero attached hydrogens (tertiary/aromatic N) is 2. The number of benzene rings is 2. The van der Waals surface area contributed by atoms with Crippen molar-refractivity contribution >= 4 is 33.2 Å². The summed E-state index contributed by atoms with van der Waals surface area (Å²) in [5.74, 6) is 1.81. The lowest BCUT2D eigenvalue weighted by Gasteiger charge is -2.07. The second kappa shape index (κ2) is 9.75. The highest BCUT2D eigenvalue weighted by Gasteiger charge is 2.06. The molecule has 0 aliphatic rings. The van der Waals surface area contributed by atoms with E-state index in [1.54, 1.807) is 0 Å². The third kappa shape index (κ3) is 4.64. The van der Waals surface area contributed by atoms with E-state index in [-0.39, 0.29) is 0 Å². The zero-order valence-corrected chi connectivity index (χ0v) is 17.9. The molecule has 158 valence electrons. The zero-order valence-electron chi connectivity index (χ0n) is 17.9. The molecule has 4 aromatic rings. The molecule has 30 heavy (non-hydrogen) atoms. The Hall–Kier alpha value is -2.88. The first kappa shape index (κ1) is 20.4. The predicted molar refractivity (Wildman–Crippen MR) is 130 cm³/mol. The summed E-state index contributed by atoms with van der Waals surface area (Å²) in [6.45, 7) is 2.04. The Morgan fingerprint density at radius 2 is 0.867 bits per heavy atom. The highest BCUT2D eigenvalue weighted by molar-refractivity contribution is 5.93. The summed E-state index contributed by atoms with van der Waals surface area (Å²) in [7, 11) is 0. The van der Waals surface area contributed by atoms with Crippen molar-refractivity contribution in [2.75, 3.05) is 11.5 Å². The van der Waals surface area contributed by atoms with Gasteiger partial charge in [-0.05, 0) is 12.8 Å². The van der Waals surface area contributed by atoms with Gasteiger partial charge in [0.05, 0.1) is 0 Å². The molecular weight excluding hydrogens is 368 g/mol. The zero-order chi connectivity index (χ0) is 20.8. The third-order valence-corrected chi connectivity index (χ3v) is 6.23. The van der Waals surface area contributed by atoms with Gasteiger partial charge in [-0.1, -0.05) is 87.1 Å². The molecule has 2 aromatic carbocycles. The molecule has 4 heteroatoms. The lowest BCUT2D eigenvalue weighted by atomic mass is 10.1. The number of rotatable bonds is 11. The van der Waals surface area contributed by atoms with Gasteiger partial charge in [0.15, 0.2) is 0 Å². The van der Waals surface area contributed by atoms with Crippen LogP contribution in [0.3, 0.4) is 0 Å². The van der Waals surface area contributed by atoms with E-state index in [0.717, 1.165) is 24.7 Å². The van der Waals surface area contributed by atoms with Crippen LogP contribution in [0.15, 0.2) is 60.9 Å². The second-order valence-corrected chi connectivity index (χ2v) is 8.42. The van der Waals surface area contributed by atoms with Crippen molar-refractivity contribution in [3.05, 3.63) is 60.9 Å². The Morgan fingerprint density at radius 3 is 1.27 bits per heavy atom. The summed E-state index contributed by atoms with van der Waals surface area (Å²) in [5.41, 5.74) is 12.5. The van der Waals surface area contributed by atoms with Crippen molar-refractivity contribution in [2.45, 2.75) is 64.5 Å². The molecular formula is C26H34N4. The van der Waals surface area contributed by atoms with Crippen molar-refractivity contribution in [3.63, 3.8) is 0 Å². The van der Waals surface area contributed by atoms with Crippen LogP contribution in [0.2, 0.25) is 0 Å². The Bertz CT molecular complexity index is 1000. The molecule has 4 nitrogen and oxygen atoms in total. The molecule has 0 radical (unpaired) electrons. The molecule has 4 rings (SSSR count). The van der Waals surface area contributed by atoms with Gasteiger partial charge >= 0.3 is 0 Å². The summed E-state index contributed by atoms with van der Waals surface area (Å²) in [4.78, 5) is 0. The van der Waals surface area contributed by atoms with Crippen LogP contribution in [0.25, 0.3) is 21.5 Å². The van der Waals surface area contributed by atoms with Crippen molar-refractivity contribution in [2.24, 2.45) is 0 Å². The molecule has 0 saturated heterocycles. The average Bonchev–Trinajstić information content (AvgIpc) is 3.26. The molecule has 0 aliphatic heterocycles. The van der Waals surface area contributed by atoms with Gasteiger partial charge in [-0.15, -0.1) is 0 Å². The van der Waals surface area contributed by atoms with E-state index in [4.69, 9.17) is 11.5 Å². The monoisotopic (exact) mass is 402 g/mol. The van der Waals surface area contributed by atoms with Gasteiger partial charge in [0.25, 0.3) is 0 Å². The smallest absolute Gasteiger partial charge is 0.111 e. The topological polar surface area (TPSA) is 61.9 Å². The van der Waals surface area contributed by atoms with Gasteiger partial charge in [-0.2, -0.15) is 0 Å². The summed E-state index contributed by atoms with van der Waals surface area (Å²) < 4.78 is 4.42. The predicted octanol–water partition coefficient (Wildman–Crippen LogP) is 6.58. The number of aryl methyl sites for hydroxylation is 2. The summed E-state index contributed by atoms with van der Waals surface area (Å²) in [6, 6.07) is 16.7. The molecule has 0 fully saturated rings. The van der Waals surface area contributed by atoms with Crippen LogP contribution in [0, 0.1) is 0 Å². The van der Waals surface area contributed by atoms with E-state index in [0.29, 0.717) is 0 Å². The standard InChI is InChI=1S/C26H34N4/c27-25-23-15-9-7-13-21(23)19-29(25)17-11-5-3-1-2-4-6-12-18-30-20-22-14-8-10-16-24(22)26(30)28/h7-10,13-16,19-20H,1-6,11-12,17-18,27-28H2. The van der Waals surface area contributed by atoms with Crippen LogP contribution in [0.5, 0.6) is 0 Å². The SMILES string of the molecule is Nc1c2ccccc2cn1CCCCCCCCCCn1cc2ccccc2c1N. The minimum atomic E-state index is 0.904. The molecule has 0 spiro atoms. The Balaban J connectivity index is 1.07. The minimum absolute atomic E-state index is 0.904. The number of hydrogen-bond donors (Lipinski definition) is 2. The average molecular weight is 403 g/mol. The van der Waals surface area contributed by atoms with Crippen LogP contribution in [0.1, 0.15) is 51.4 Å². The fraction of sp³-hybridized carbons (Fsp3) is 0.385.